The van der Waals surface area contributed by atoms with Crippen LogP contribution in [0.15, 0.2) is 36.5 Å². The van der Waals surface area contributed by atoms with Crippen LogP contribution in [0.5, 0.6) is 0 Å². The molecule has 2 aromatic rings. The van der Waals surface area contributed by atoms with E-state index in [1.807, 2.05) is 35.2 Å². The van der Waals surface area contributed by atoms with E-state index in [1.54, 1.807) is 6.20 Å². The predicted molar refractivity (Wildman–Crippen MR) is 101 cm³/mol. The lowest BCUT2D eigenvalue weighted by atomic mass is 9.78. The standard InChI is InChI=1S/C18H21N3O.2ClH/c22-17(15-5-1-3-14-4-2-9-20-16(14)15)21-11-7-18(8-12-21)6-10-19-13-18;;/h1-5,9,19H,6-8,10-13H2;2*1H. The molecule has 1 N–H and O–H groups in total. The molecule has 1 spiro atoms. The van der Waals surface area contributed by atoms with Crippen molar-refractivity contribution >= 4 is 41.6 Å². The highest BCUT2D eigenvalue weighted by atomic mass is 35.5. The molecule has 0 unspecified atom stereocenters. The van der Waals surface area contributed by atoms with Crippen LogP contribution in [0.1, 0.15) is 29.6 Å². The molecule has 2 fully saturated rings. The Labute approximate surface area is 154 Å². The maximum Gasteiger partial charge on any atom is 0.256 e. The second-order valence-corrected chi connectivity index (χ2v) is 6.60. The highest BCUT2D eigenvalue weighted by Crippen LogP contribution is 2.37. The molecule has 2 aliphatic rings. The minimum Gasteiger partial charge on any atom is -0.339 e. The molecular formula is C18H23Cl2N3O. The first-order chi connectivity index (χ1) is 10.8. The Morgan fingerprint density at radius 3 is 2.54 bits per heavy atom. The summed E-state index contributed by atoms with van der Waals surface area (Å²) in [7, 11) is 0. The topological polar surface area (TPSA) is 45.2 Å². The second kappa shape index (κ2) is 7.68. The first-order valence-electron chi connectivity index (χ1n) is 8.11. The first-order valence-corrected chi connectivity index (χ1v) is 8.11. The molecule has 0 radical (unpaired) electrons. The van der Waals surface area contributed by atoms with Gasteiger partial charge in [0.1, 0.15) is 0 Å². The van der Waals surface area contributed by atoms with Gasteiger partial charge in [0.25, 0.3) is 5.91 Å². The maximum absolute atomic E-state index is 12.9. The third-order valence-electron chi connectivity index (χ3n) is 5.31. The summed E-state index contributed by atoms with van der Waals surface area (Å²) in [6, 6.07) is 9.78. The van der Waals surface area contributed by atoms with Crippen molar-refractivity contribution < 1.29 is 4.79 Å². The Balaban J connectivity index is 0.00000104. The predicted octanol–water partition coefficient (Wildman–Crippen LogP) is 3.29. The summed E-state index contributed by atoms with van der Waals surface area (Å²) in [6.45, 7) is 3.97. The molecule has 1 amide bonds. The van der Waals surface area contributed by atoms with E-state index >= 15 is 0 Å². The van der Waals surface area contributed by atoms with Gasteiger partial charge in [0.05, 0.1) is 11.1 Å². The van der Waals surface area contributed by atoms with Gasteiger partial charge in [-0.2, -0.15) is 0 Å². The number of piperidine rings is 1. The van der Waals surface area contributed by atoms with Gasteiger partial charge in [0.2, 0.25) is 0 Å². The third kappa shape index (κ3) is 3.37. The molecule has 2 aliphatic heterocycles. The summed E-state index contributed by atoms with van der Waals surface area (Å²) in [5, 5.41) is 4.50. The normalized spacial score (nSPS) is 18.9. The van der Waals surface area contributed by atoms with Crippen molar-refractivity contribution in [2.45, 2.75) is 19.3 Å². The summed E-state index contributed by atoms with van der Waals surface area (Å²) in [6.07, 6.45) is 5.24. The molecule has 24 heavy (non-hydrogen) atoms. The molecule has 0 bridgehead atoms. The fourth-order valence-corrected chi connectivity index (χ4v) is 3.85. The number of fused-ring (bicyclic) bond motifs is 1. The smallest absolute Gasteiger partial charge is 0.256 e. The van der Waals surface area contributed by atoms with Gasteiger partial charge in [0.15, 0.2) is 0 Å². The average Bonchev–Trinajstić information content (AvgIpc) is 3.02. The van der Waals surface area contributed by atoms with Crippen LogP contribution in [-0.4, -0.2) is 42.0 Å². The first kappa shape index (κ1) is 19.0. The minimum absolute atomic E-state index is 0. The molecular weight excluding hydrogens is 345 g/mol. The third-order valence-corrected chi connectivity index (χ3v) is 5.31. The van der Waals surface area contributed by atoms with E-state index in [4.69, 9.17) is 0 Å². The number of aromatic nitrogens is 1. The summed E-state index contributed by atoms with van der Waals surface area (Å²) in [4.78, 5) is 19.3. The number of carbonyl (C=O) groups excluding carboxylic acids is 1. The number of nitrogens with zero attached hydrogens (tertiary/aromatic N) is 2. The van der Waals surface area contributed by atoms with E-state index < -0.39 is 0 Å². The summed E-state index contributed by atoms with van der Waals surface area (Å²) >= 11 is 0. The van der Waals surface area contributed by atoms with E-state index in [-0.39, 0.29) is 30.7 Å². The molecule has 1 aromatic carbocycles. The minimum atomic E-state index is 0. The van der Waals surface area contributed by atoms with Gasteiger partial charge in [-0.05, 0) is 43.4 Å². The zero-order valence-corrected chi connectivity index (χ0v) is 15.2. The van der Waals surface area contributed by atoms with Crippen LogP contribution in [-0.2, 0) is 0 Å². The number of rotatable bonds is 1. The second-order valence-electron chi connectivity index (χ2n) is 6.60. The number of pyridine rings is 1. The highest BCUT2D eigenvalue weighted by Gasteiger charge is 2.38. The summed E-state index contributed by atoms with van der Waals surface area (Å²) in [5.41, 5.74) is 1.99. The van der Waals surface area contributed by atoms with Crippen LogP contribution in [0, 0.1) is 5.41 Å². The fourth-order valence-electron chi connectivity index (χ4n) is 3.85. The quantitative estimate of drug-likeness (QED) is 0.840. The van der Waals surface area contributed by atoms with Crippen LogP contribution < -0.4 is 5.32 Å². The molecule has 6 heteroatoms. The lowest BCUT2D eigenvalue weighted by Crippen LogP contribution is -2.44. The van der Waals surface area contributed by atoms with Crippen LogP contribution >= 0.6 is 24.8 Å². The van der Waals surface area contributed by atoms with Crippen molar-refractivity contribution in [2.75, 3.05) is 26.2 Å². The van der Waals surface area contributed by atoms with E-state index in [2.05, 4.69) is 10.3 Å². The van der Waals surface area contributed by atoms with Crippen molar-refractivity contribution in [1.82, 2.24) is 15.2 Å². The maximum atomic E-state index is 12.9. The van der Waals surface area contributed by atoms with Gasteiger partial charge in [-0.1, -0.05) is 18.2 Å². The van der Waals surface area contributed by atoms with E-state index in [0.717, 1.165) is 55.5 Å². The molecule has 0 atom stereocenters. The number of amides is 1. The zero-order chi connectivity index (χ0) is 15.0. The Morgan fingerprint density at radius 2 is 1.83 bits per heavy atom. The van der Waals surface area contributed by atoms with Crippen LogP contribution in [0.3, 0.4) is 0 Å². The van der Waals surface area contributed by atoms with Gasteiger partial charge in [0, 0.05) is 31.2 Å². The molecule has 130 valence electrons. The van der Waals surface area contributed by atoms with Crippen LogP contribution in [0.25, 0.3) is 10.9 Å². The van der Waals surface area contributed by atoms with E-state index in [9.17, 15) is 4.79 Å². The fraction of sp³-hybridized carbons (Fsp3) is 0.444. The number of benzene rings is 1. The average molecular weight is 368 g/mol. The van der Waals surface area contributed by atoms with Crippen LogP contribution in [0.2, 0.25) is 0 Å². The van der Waals surface area contributed by atoms with Gasteiger partial charge in [-0.15, -0.1) is 24.8 Å². The monoisotopic (exact) mass is 367 g/mol. The number of halogens is 2. The van der Waals surface area contributed by atoms with Crippen LogP contribution in [0.4, 0.5) is 0 Å². The zero-order valence-electron chi connectivity index (χ0n) is 13.5. The van der Waals surface area contributed by atoms with Crippen molar-refractivity contribution in [3.63, 3.8) is 0 Å². The van der Waals surface area contributed by atoms with E-state index in [0.29, 0.717) is 5.41 Å². The number of hydrogen-bond donors (Lipinski definition) is 1. The summed E-state index contributed by atoms with van der Waals surface area (Å²) in [5.74, 6) is 0.130. The Bertz CT molecular complexity index is 701. The number of nitrogens with one attached hydrogen (secondary N) is 1. The van der Waals surface area contributed by atoms with Crippen molar-refractivity contribution in [2.24, 2.45) is 5.41 Å². The van der Waals surface area contributed by atoms with Crippen molar-refractivity contribution in [3.8, 4) is 0 Å². The van der Waals surface area contributed by atoms with Gasteiger partial charge in [-0.3, -0.25) is 9.78 Å². The van der Waals surface area contributed by atoms with Gasteiger partial charge >= 0.3 is 0 Å². The lowest BCUT2D eigenvalue weighted by Gasteiger charge is -2.39. The number of carbonyl (C=O) groups is 1. The Kier molecular flexibility index (Phi) is 6.07. The van der Waals surface area contributed by atoms with Gasteiger partial charge in [-0.25, -0.2) is 0 Å². The highest BCUT2D eigenvalue weighted by molar-refractivity contribution is 6.05. The summed E-state index contributed by atoms with van der Waals surface area (Å²) < 4.78 is 0. The van der Waals surface area contributed by atoms with Crippen molar-refractivity contribution in [3.05, 3.63) is 42.1 Å². The number of likely N-dealkylation sites (tertiary alicyclic amines) is 1. The molecule has 2 saturated heterocycles. The molecule has 4 rings (SSSR count). The molecule has 0 saturated carbocycles. The molecule has 4 nitrogen and oxygen atoms in total. The largest absolute Gasteiger partial charge is 0.339 e. The molecule has 1 aromatic heterocycles. The molecule has 3 heterocycles. The van der Waals surface area contributed by atoms with Gasteiger partial charge < -0.3 is 10.2 Å². The Hall–Kier alpha value is -1.36. The molecule has 0 aliphatic carbocycles. The van der Waals surface area contributed by atoms with Crippen molar-refractivity contribution in [1.29, 1.82) is 0 Å². The number of hydrogen-bond acceptors (Lipinski definition) is 3. The number of para-hydroxylation sites is 1. The lowest BCUT2D eigenvalue weighted by molar-refractivity contribution is 0.0609. The van der Waals surface area contributed by atoms with E-state index in [1.165, 1.54) is 6.42 Å². The SMILES string of the molecule is Cl.Cl.O=C(c1cccc2cccnc12)N1CCC2(CCNC2)CC1. The Morgan fingerprint density at radius 1 is 1.08 bits per heavy atom.